The summed E-state index contributed by atoms with van der Waals surface area (Å²) < 4.78 is 14.6. The summed E-state index contributed by atoms with van der Waals surface area (Å²) in [6.45, 7) is 47.2. The van der Waals surface area contributed by atoms with E-state index in [1.54, 1.807) is 0 Å². The molecule has 0 saturated carbocycles. The molecule has 3 rings (SSSR count). The van der Waals surface area contributed by atoms with Gasteiger partial charge in [-0.25, -0.2) is 0 Å². The van der Waals surface area contributed by atoms with E-state index in [1.807, 2.05) is 0 Å². The van der Waals surface area contributed by atoms with E-state index in [9.17, 15) is 0 Å². The maximum absolute atomic E-state index is 7.28. The number of rotatable bonds is 13. The van der Waals surface area contributed by atoms with Gasteiger partial charge in [-0.1, -0.05) is 181 Å². The van der Waals surface area contributed by atoms with Crippen LogP contribution in [-0.2, 0) is 21.7 Å². The zero-order chi connectivity index (χ0) is 40.6. The minimum Gasteiger partial charge on any atom is -0.435 e. The van der Waals surface area contributed by atoms with Gasteiger partial charge < -0.3 is 9.05 Å². The summed E-state index contributed by atoms with van der Waals surface area (Å²) in [6, 6.07) is 24.6. The normalized spacial score (nSPS) is 14.1. The third-order valence-electron chi connectivity index (χ3n) is 10.2. The highest BCUT2D eigenvalue weighted by molar-refractivity contribution is 7.56. The predicted octanol–water partition coefficient (Wildman–Crippen LogP) is 15.6. The van der Waals surface area contributed by atoms with Crippen molar-refractivity contribution in [1.29, 1.82) is 0 Å². The molecule has 0 aromatic heterocycles. The molecule has 0 radical (unpaired) electrons. The zero-order valence-corrected chi connectivity index (χ0v) is 38.8. The average molecular weight is 743 g/mol. The van der Waals surface area contributed by atoms with Gasteiger partial charge >= 0.3 is 8.38 Å². The fourth-order valence-corrected chi connectivity index (χ4v) is 11.0. The molecular weight excluding hydrogens is 664 g/mol. The first-order valence-electron chi connectivity index (χ1n) is 20.2. The highest BCUT2D eigenvalue weighted by atomic mass is 31.2. The third kappa shape index (κ3) is 13.4. The SMILES string of the molecule is CC(C)(C)CC(C)(C)c1ccc(OP(Oc2ccc(C(C)(C)CC(C)(C)C)cc2C(C)(C)CC(C)(C)C)c2ccccc2)c(C(C)(C)CC(C)(C)C)c1. The lowest BCUT2D eigenvalue weighted by Crippen LogP contribution is -2.29. The Hall–Kier alpha value is -2.31. The van der Waals surface area contributed by atoms with E-state index in [2.05, 4.69) is 205 Å². The topological polar surface area (TPSA) is 18.5 Å². The molecule has 0 atom stereocenters. The van der Waals surface area contributed by atoms with Crippen LogP contribution in [-0.4, -0.2) is 0 Å². The summed E-state index contributed by atoms with van der Waals surface area (Å²) in [7, 11) is -1.52. The predicted molar refractivity (Wildman–Crippen MR) is 236 cm³/mol. The van der Waals surface area contributed by atoms with Crippen LogP contribution in [0.3, 0.4) is 0 Å². The molecule has 53 heavy (non-hydrogen) atoms. The van der Waals surface area contributed by atoms with E-state index in [0.29, 0.717) is 0 Å². The van der Waals surface area contributed by atoms with Gasteiger partial charge in [-0.3, -0.25) is 0 Å². The molecule has 3 aromatic rings. The molecular formula is C50H79O2P. The van der Waals surface area contributed by atoms with Gasteiger partial charge in [0.25, 0.3) is 0 Å². The Labute approximate surface area is 329 Å². The molecule has 0 saturated heterocycles. The molecule has 2 nitrogen and oxygen atoms in total. The highest BCUT2D eigenvalue weighted by Gasteiger charge is 2.37. The highest BCUT2D eigenvalue weighted by Crippen LogP contribution is 2.51. The zero-order valence-electron chi connectivity index (χ0n) is 37.9. The number of benzene rings is 3. The van der Waals surface area contributed by atoms with Gasteiger partial charge in [0.05, 0.1) is 5.30 Å². The molecule has 0 fully saturated rings. The molecule has 0 aliphatic rings. The standard InChI is InChI=1S/C50H79O2P/c1-43(2,3)32-47(13,14)36-26-28-41(39(30-36)49(17,18)34-45(7,8)9)51-53(38-24-22-21-23-25-38)52-42-29-27-37(48(15,16)33-44(4,5)6)31-40(42)50(19,20)35-46(10,11)12/h21-31H,32-35H2,1-20H3. The first-order valence-corrected chi connectivity index (χ1v) is 21.4. The largest absolute Gasteiger partial charge is 0.435 e. The van der Waals surface area contributed by atoms with Gasteiger partial charge in [0.1, 0.15) is 11.5 Å². The van der Waals surface area contributed by atoms with Crippen LogP contribution in [0.15, 0.2) is 66.7 Å². The maximum atomic E-state index is 7.28. The van der Waals surface area contributed by atoms with Gasteiger partial charge in [0.15, 0.2) is 0 Å². The summed E-state index contributed by atoms with van der Waals surface area (Å²) in [5, 5.41) is 1.07. The van der Waals surface area contributed by atoms with E-state index in [4.69, 9.17) is 9.05 Å². The van der Waals surface area contributed by atoms with Crippen molar-refractivity contribution in [3.05, 3.63) is 89.0 Å². The van der Waals surface area contributed by atoms with E-state index >= 15 is 0 Å². The first kappa shape index (κ1) is 45.1. The smallest absolute Gasteiger partial charge is 0.326 e. The van der Waals surface area contributed by atoms with Crippen molar-refractivity contribution in [2.24, 2.45) is 21.7 Å². The first-order chi connectivity index (χ1) is 23.7. The Kier molecular flexibility index (Phi) is 13.3. The lowest BCUT2D eigenvalue weighted by molar-refractivity contribution is 0.276. The Morgan fingerprint density at radius 1 is 0.377 bits per heavy atom. The van der Waals surface area contributed by atoms with Crippen molar-refractivity contribution in [2.75, 3.05) is 0 Å². The van der Waals surface area contributed by atoms with Crippen LogP contribution in [0.4, 0.5) is 0 Å². The van der Waals surface area contributed by atoms with Crippen LogP contribution in [0.1, 0.15) is 186 Å². The molecule has 0 amide bonds. The van der Waals surface area contributed by atoms with Gasteiger partial charge in [-0.15, -0.1) is 0 Å². The van der Waals surface area contributed by atoms with Crippen LogP contribution >= 0.6 is 8.38 Å². The van der Waals surface area contributed by atoms with E-state index in [0.717, 1.165) is 42.5 Å². The second-order valence-corrected chi connectivity index (χ2v) is 25.1. The number of hydrogen-bond donors (Lipinski definition) is 0. The van der Waals surface area contributed by atoms with Crippen LogP contribution < -0.4 is 14.4 Å². The van der Waals surface area contributed by atoms with Gasteiger partial charge in [-0.05, 0) is 104 Å². The summed E-state index contributed by atoms with van der Waals surface area (Å²) in [4.78, 5) is 0. The molecule has 0 bridgehead atoms. The molecule has 3 aromatic carbocycles. The van der Waals surface area contributed by atoms with Gasteiger partial charge in [0.2, 0.25) is 0 Å². The Bertz CT molecular complexity index is 1540. The Balaban J connectivity index is 2.26. The lowest BCUT2D eigenvalue weighted by atomic mass is 9.68. The Morgan fingerprint density at radius 3 is 0.981 bits per heavy atom. The molecule has 0 aliphatic carbocycles. The fraction of sp³-hybridized carbons (Fsp3) is 0.640. The molecule has 0 unspecified atom stereocenters. The molecule has 0 N–H and O–H groups in total. The van der Waals surface area contributed by atoms with Crippen LogP contribution in [0.25, 0.3) is 0 Å². The lowest BCUT2D eigenvalue weighted by Gasteiger charge is -2.38. The van der Waals surface area contributed by atoms with Crippen molar-refractivity contribution in [3.63, 3.8) is 0 Å². The summed E-state index contributed by atoms with van der Waals surface area (Å²) in [5.74, 6) is 1.84. The minimum atomic E-state index is -1.52. The average Bonchev–Trinajstić information content (AvgIpc) is 2.92. The van der Waals surface area contributed by atoms with Crippen molar-refractivity contribution < 1.29 is 9.05 Å². The Morgan fingerprint density at radius 2 is 0.679 bits per heavy atom. The van der Waals surface area contributed by atoms with Crippen LogP contribution in [0.5, 0.6) is 11.5 Å². The summed E-state index contributed by atoms with van der Waals surface area (Å²) in [6.07, 6.45) is 4.24. The molecule has 0 aliphatic heterocycles. The second kappa shape index (κ2) is 15.7. The molecule has 0 heterocycles. The van der Waals surface area contributed by atoms with Gasteiger partial charge in [-0.2, -0.15) is 0 Å². The van der Waals surface area contributed by atoms with Gasteiger partial charge in [0, 0.05) is 11.1 Å². The molecule has 3 heteroatoms. The van der Waals surface area contributed by atoms with E-state index in [-0.39, 0.29) is 43.3 Å². The van der Waals surface area contributed by atoms with Crippen molar-refractivity contribution in [1.82, 2.24) is 0 Å². The van der Waals surface area contributed by atoms with E-state index in [1.165, 1.54) is 22.3 Å². The minimum absolute atomic E-state index is 0.0139. The van der Waals surface area contributed by atoms with Crippen LogP contribution in [0, 0.1) is 21.7 Å². The van der Waals surface area contributed by atoms with Crippen LogP contribution in [0.2, 0.25) is 0 Å². The van der Waals surface area contributed by atoms with Crippen molar-refractivity contribution in [3.8, 4) is 11.5 Å². The summed E-state index contributed by atoms with van der Waals surface area (Å²) in [5.41, 5.74) is 5.73. The van der Waals surface area contributed by atoms with Crippen molar-refractivity contribution >= 4 is 13.7 Å². The summed E-state index contributed by atoms with van der Waals surface area (Å²) >= 11 is 0. The van der Waals surface area contributed by atoms with Crippen molar-refractivity contribution in [2.45, 2.75) is 186 Å². The van der Waals surface area contributed by atoms with E-state index < -0.39 is 8.38 Å². The fourth-order valence-electron chi connectivity index (χ4n) is 9.67. The molecule has 296 valence electrons. The maximum Gasteiger partial charge on any atom is 0.326 e. The monoisotopic (exact) mass is 743 g/mol. The molecule has 0 spiro atoms. The quantitative estimate of drug-likeness (QED) is 0.162. The second-order valence-electron chi connectivity index (χ2n) is 23.7. The third-order valence-corrected chi connectivity index (χ3v) is 11.6. The number of hydrogen-bond acceptors (Lipinski definition) is 2.